The van der Waals surface area contributed by atoms with E-state index in [0.717, 1.165) is 28.1 Å². The van der Waals surface area contributed by atoms with Gasteiger partial charge in [0, 0.05) is 48.6 Å². The average Bonchev–Trinajstić information content (AvgIpc) is 2.78. The van der Waals surface area contributed by atoms with Crippen LogP contribution in [0.25, 0.3) is 0 Å². The molecule has 0 N–H and O–H groups in total. The number of sulfone groups is 1. The summed E-state index contributed by atoms with van der Waals surface area (Å²) in [6.45, 7) is 5.00. The largest absolute Gasteiger partial charge is 0.369 e. The molecule has 166 valence electrons. The first kappa shape index (κ1) is 22.2. The molecule has 1 aromatic heterocycles. The van der Waals surface area contributed by atoms with E-state index in [9.17, 15) is 13.2 Å². The second-order valence-corrected chi connectivity index (χ2v) is 10.8. The molecule has 1 saturated heterocycles. The Bertz CT molecular complexity index is 1210. The van der Waals surface area contributed by atoms with Gasteiger partial charge >= 0.3 is 0 Å². The molecular formula is C26H28N2O3S. The number of ketones is 1. The minimum atomic E-state index is -2.91. The van der Waals surface area contributed by atoms with Gasteiger partial charge in [-0.2, -0.15) is 0 Å². The van der Waals surface area contributed by atoms with Crippen LogP contribution in [-0.2, 0) is 9.84 Å². The molecule has 2 aromatic carbocycles. The van der Waals surface area contributed by atoms with E-state index in [1.807, 2.05) is 37.3 Å². The van der Waals surface area contributed by atoms with E-state index in [2.05, 4.69) is 41.1 Å². The summed E-state index contributed by atoms with van der Waals surface area (Å²) in [5.74, 6) is 0.419. The first-order chi connectivity index (χ1) is 15.3. The SMILES string of the molecule is Cc1cc(C(=O)CC(c2ccc(N3CCS(=O)(=O)CC3)cc2)c2ccccc2C)ccn1. The Hall–Kier alpha value is -2.99. The van der Waals surface area contributed by atoms with Gasteiger partial charge in [0.15, 0.2) is 15.6 Å². The van der Waals surface area contributed by atoms with E-state index in [1.165, 1.54) is 0 Å². The third-order valence-electron chi connectivity index (χ3n) is 6.18. The molecule has 0 bridgehead atoms. The van der Waals surface area contributed by atoms with Crippen LogP contribution in [0.5, 0.6) is 0 Å². The van der Waals surface area contributed by atoms with E-state index in [4.69, 9.17) is 0 Å². The minimum Gasteiger partial charge on any atom is -0.369 e. The highest BCUT2D eigenvalue weighted by Crippen LogP contribution is 2.33. The number of benzene rings is 2. The molecular weight excluding hydrogens is 420 g/mol. The smallest absolute Gasteiger partial charge is 0.163 e. The highest BCUT2D eigenvalue weighted by molar-refractivity contribution is 7.91. The number of nitrogens with zero attached hydrogens (tertiary/aromatic N) is 2. The zero-order valence-corrected chi connectivity index (χ0v) is 19.3. The molecule has 5 nitrogen and oxygen atoms in total. The minimum absolute atomic E-state index is 0.0621. The molecule has 2 heterocycles. The third-order valence-corrected chi connectivity index (χ3v) is 7.79. The summed E-state index contributed by atoms with van der Waals surface area (Å²) >= 11 is 0. The van der Waals surface area contributed by atoms with Crippen LogP contribution in [0.2, 0.25) is 0 Å². The lowest BCUT2D eigenvalue weighted by molar-refractivity contribution is 0.0977. The number of pyridine rings is 1. The van der Waals surface area contributed by atoms with Crippen molar-refractivity contribution < 1.29 is 13.2 Å². The maximum absolute atomic E-state index is 13.1. The van der Waals surface area contributed by atoms with Crippen molar-refractivity contribution in [2.45, 2.75) is 26.2 Å². The van der Waals surface area contributed by atoms with Crippen LogP contribution in [0.3, 0.4) is 0 Å². The van der Waals surface area contributed by atoms with Gasteiger partial charge in [-0.3, -0.25) is 9.78 Å². The molecule has 1 unspecified atom stereocenters. The van der Waals surface area contributed by atoms with Gasteiger partial charge in [0.1, 0.15) is 0 Å². The molecule has 1 aliphatic rings. The van der Waals surface area contributed by atoms with Crippen LogP contribution in [0, 0.1) is 13.8 Å². The molecule has 0 aliphatic carbocycles. The standard InChI is InChI=1S/C26H28N2O3S/c1-19-5-3-4-6-24(19)25(18-26(29)22-11-12-27-20(2)17-22)21-7-9-23(10-8-21)28-13-15-32(30,31)16-14-28/h3-12,17,25H,13-16,18H2,1-2H3. The second kappa shape index (κ2) is 9.25. The first-order valence-corrected chi connectivity index (χ1v) is 12.7. The molecule has 0 saturated carbocycles. The van der Waals surface area contributed by atoms with Crippen molar-refractivity contribution in [2.75, 3.05) is 29.5 Å². The van der Waals surface area contributed by atoms with E-state index < -0.39 is 9.84 Å². The molecule has 0 radical (unpaired) electrons. The fraction of sp³-hybridized carbons (Fsp3) is 0.308. The monoisotopic (exact) mass is 448 g/mol. The molecule has 0 amide bonds. The van der Waals surface area contributed by atoms with Crippen LogP contribution in [0.4, 0.5) is 5.69 Å². The Morgan fingerprint density at radius 3 is 2.34 bits per heavy atom. The summed E-state index contributed by atoms with van der Waals surface area (Å²) in [7, 11) is -2.91. The van der Waals surface area contributed by atoms with Crippen molar-refractivity contribution in [3.63, 3.8) is 0 Å². The van der Waals surface area contributed by atoms with Crippen LogP contribution in [0.15, 0.2) is 66.9 Å². The molecule has 4 rings (SSSR count). The molecule has 0 spiro atoms. The number of anilines is 1. The summed E-state index contributed by atoms with van der Waals surface area (Å²) in [5, 5.41) is 0. The Morgan fingerprint density at radius 1 is 1.00 bits per heavy atom. The summed E-state index contributed by atoms with van der Waals surface area (Å²) in [6.07, 6.45) is 2.05. The lowest BCUT2D eigenvalue weighted by Crippen LogP contribution is -2.40. The summed E-state index contributed by atoms with van der Waals surface area (Å²) in [5.41, 5.74) is 5.90. The van der Waals surface area contributed by atoms with Crippen molar-refractivity contribution in [1.82, 2.24) is 4.98 Å². The van der Waals surface area contributed by atoms with Crippen LogP contribution in [-0.4, -0.2) is 43.8 Å². The van der Waals surface area contributed by atoms with E-state index in [1.54, 1.807) is 12.3 Å². The number of hydrogen-bond acceptors (Lipinski definition) is 5. The summed E-state index contributed by atoms with van der Waals surface area (Å²) < 4.78 is 23.5. The number of aryl methyl sites for hydroxylation is 2. The number of hydrogen-bond donors (Lipinski definition) is 0. The van der Waals surface area contributed by atoms with Crippen LogP contribution >= 0.6 is 0 Å². The predicted octanol–water partition coefficient (Wildman–Crippen LogP) is 4.34. The van der Waals surface area contributed by atoms with Gasteiger partial charge in [-0.05, 0) is 54.8 Å². The lowest BCUT2D eigenvalue weighted by atomic mass is 9.83. The second-order valence-electron chi connectivity index (χ2n) is 8.45. The molecule has 1 aliphatic heterocycles. The van der Waals surface area contributed by atoms with Crippen LogP contribution < -0.4 is 4.90 Å². The maximum atomic E-state index is 13.1. The zero-order chi connectivity index (χ0) is 22.7. The maximum Gasteiger partial charge on any atom is 0.163 e. The number of carbonyl (C=O) groups excluding carboxylic acids is 1. The molecule has 6 heteroatoms. The summed E-state index contributed by atoms with van der Waals surface area (Å²) in [4.78, 5) is 19.5. The Morgan fingerprint density at radius 2 is 1.69 bits per heavy atom. The zero-order valence-electron chi connectivity index (χ0n) is 18.5. The van der Waals surface area contributed by atoms with Gasteiger partial charge in [0.05, 0.1) is 11.5 Å². The van der Waals surface area contributed by atoms with Crippen molar-refractivity contribution in [3.05, 3.63) is 94.8 Å². The van der Waals surface area contributed by atoms with Crippen molar-refractivity contribution >= 4 is 21.3 Å². The Kier molecular flexibility index (Phi) is 6.42. The highest BCUT2D eigenvalue weighted by Gasteiger charge is 2.24. The fourth-order valence-corrected chi connectivity index (χ4v) is 5.50. The van der Waals surface area contributed by atoms with Gasteiger partial charge in [-0.25, -0.2) is 8.42 Å². The number of aromatic nitrogens is 1. The van der Waals surface area contributed by atoms with Crippen molar-refractivity contribution in [2.24, 2.45) is 0 Å². The molecule has 3 aromatic rings. The van der Waals surface area contributed by atoms with E-state index in [0.29, 0.717) is 25.1 Å². The number of Topliss-reactive ketones (excluding diaryl/α,β-unsaturated/α-hetero) is 1. The van der Waals surface area contributed by atoms with Gasteiger partial charge in [-0.1, -0.05) is 36.4 Å². The van der Waals surface area contributed by atoms with Crippen LogP contribution in [0.1, 0.15) is 45.1 Å². The van der Waals surface area contributed by atoms with Crippen molar-refractivity contribution in [3.8, 4) is 0 Å². The number of carbonyl (C=O) groups is 1. The molecule has 1 atom stereocenters. The average molecular weight is 449 g/mol. The topological polar surface area (TPSA) is 67.3 Å². The Balaban J connectivity index is 1.62. The highest BCUT2D eigenvalue weighted by atomic mass is 32.2. The quantitative estimate of drug-likeness (QED) is 0.525. The number of rotatable bonds is 6. The lowest BCUT2D eigenvalue weighted by Gasteiger charge is -2.29. The van der Waals surface area contributed by atoms with E-state index in [-0.39, 0.29) is 23.2 Å². The predicted molar refractivity (Wildman–Crippen MR) is 128 cm³/mol. The van der Waals surface area contributed by atoms with Gasteiger partial charge in [0.2, 0.25) is 0 Å². The Labute approximate surface area is 190 Å². The first-order valence-electron chi connectivity index (χ1n) is 10.9. The molecule has 32 heavy (non-hydrogen) atoms. The van der Waals surface area contributed by atoms with Gasteiger partial charge < -0.3 is 4.90 Å². The summed E-state index contributed by atoms with van der Waals surface area (Å²) in [6, 6.07) is 20.0. The third kappa shape index (κ3) is 5.07. The normalized spacial score (nSPS) is 16.5. The van der Waals surface area contributed by atoms with Gasteiger partial charge in [0.25, 0.3) is 0 Å². The van der Waals surface area contributed by atoms with E-state index >= 15 is 0 Å². The van der Waals surface area contributed by atoms with Gasteiger partial charge in [-0.15, -0.1) is 0 Å². The molecule has 1 fully saturated rings. The fourth-order valence-electron chi connectivity index (χ4n) is 4.30. The van der Waals surface area contributed by atoms with Crippen molar-refractivity contribution in [1.29, 1.82) is 0 Å².